The van der Waals surface area contributed by atoms with Crippen molar-refractivity contribution < 1.29 is 13.9 Å². The quantitative estimate of drug-likeness (QED) is 0.536. The lowest BCUT2D eigenvalue weighted by atomic mass is 9.68. The number of fused-ring (bicyclic) bond motifs is 2. The first kappa shape index (κ1) is 21.4. The standard InChI is InChI=1S/C27H28FN3O2/c1-27-16-19-17-29-31(23-12-10-22(28)11-13-23)25(19)15-21(27)9-8-20(27)14-24(30-26(32)33-2)18-6-4-3-5-7-18/h3-7,10-13,15,17,20,24H,8-9,14,16H2,1-2H3,(H,30,32)/t20-,24-,27-/m1/s1. The van der Waals surface area contributed by atoms with E-state index in [0.717, 1.165) is 42.6 Å². The number of rotatable bonds is 5. The highest BCUT2D eigenvalue weighted by atomic mass is 19.1. The Morgan fingerprint density at radius 1 is 1.24 bits per heavy atom. The minimum Gasteiger partial charge on any atom is -0.453 e. The number of methoxy groups -OCH3 is 1. The van der Waals surface area contributed by atoms with E-state index >= 15 is 0 Å². The van der Waals surface area contributed by atoms with Crippen LogP contribution in [-0.2, 0) is 11.2 Å². The van der Waals surface area contributed by atoms with Crippen molar-refractivity contribution in [2.75, 3.05) is 7.11 Å². The van der Waals surface area contributed by atoms with Crippen molar-refractivity contribution in [3.8, 4) is 5.69 Å². The third kappa shape index (κ3) is 3.94. The van der Waals surface area contributed by atoms with Gasteiger partial charge in [-0.15, -0.1) is 0 Å². The van der Waals surface area contributed by atoms with Crippen LogP contribution in [0.3, 0.4) is 0 Å². The van der Waals surface area contributed by atoms with Gasteiger partial charge in [-0.25, -0.2) is 13.9 Å². The average molecular weight is 446 g/mol. The van der Waals surface area contributed by atoms with Gasteiger partial charge in [0.25, 0.3) is 0 Å². The zero-order valence-electron chi connectivity index (χ0n) is 18.9. The van der Waals surface area contributed by atoms with Gasteiger partial charge in [-0.1, -0.05) is 42.8 Å². The highest BCUT2D eigenvalue weighted by Gasteiger charge is 2.46. The molecule has 33 heavy (non-hydrogen) atoms. The molecule has 5 rings (SSSR count). The second-order valence-electron chi connectivity index (χ2n) is 9.28. The summed E-state index contributed by atoms with van der Waals surface area (Å²) in [5.74, 6) is 0.159. The van der Waals surface area contributed by atoms with Crippen molar-refractivity contribution in [1.29, 1.82) is 0 Å². The summed E-state index contributed by atoms with van der Waals surface area (Å²) in [5, 5.41) is 7.66. The molecule has 0 saturated heterocycles. The van der Waals surface area contributed by atoms with E-state index in [4.69, 9.17) is 4.74 Å². The van der Waals surface area contributed by atoms with Gasteiger partial charge in [-0.2, -0.15) is 5.10 Å². The van der Waals surface area contributed by atoms with E-state index in [0.29, 0.717) is 5.92 Å². The maximum atomic E-state index is 13.4. The number of hydrogen-bond acceptors (Lipinski definition) is 3. The molecule has 170 valence electrons. The maximum absolute atomic E-state index is 13.4. The Hall–Kier alpha value is -3.41. The molecule has 2 aliphatic carbocycles. The molecule has 1 fully saturated rings. The van der Waals surface area contributed by atoms with Gasteiger partial charge in [-0.3, -0.25) is 0 Å². The molecule has 1 aromatic heterocycles. The molecule has 1 heterocycles. The van der Waals surface area contributed by atoms with E-state index in [-0.39, 0.29) is 17.3 Å². The number of benzene rings is 2. The Kier molecular flexibility index (Phi) is 5.52. The van der Waals surface area contributed by atoms with Gasteiger partial charge in [-0.05, 0) is 78.5 Å². The number of nitrogens with zero attached hydrogens (tertiary/aromatic N) is 2. The van der Waals surface area contributed by atoms with Crippen LogP contribution in [0.5, 0.6) is 0 Å². The number of hydrogen-bond donors (Lipinski definition) is 1. The molecule has 0 spiro atoms. The summed E-state index contributed by atoms with van der Waals surface area (Å²) in [7, 11) is 1.40. The summed E-state index contributed by atoms with van der Waals surface area (Å²) < 4.78 is 20.2. The SMILES string of the molecule is COC(=O)N[C@H](C[C@H]1CCC2=Cc3c(cnn3-c3ccc(F)cc3)C[C@@]21C)c1ccccc1. The lowest BCUT2D eigenvalue weighted by Gasteiger charge is -2.37. The first-order chi connectivity index (χ1) is 16.0. The summed E-state index contributed by atoms with van der Waals surface area (Å²) in [6.07, 6.45) is 7.65. The summed E-state index contributed by atoms with van der Waals surface area (Å²) in [6.45, 7) is 2.34. The highest BCUT2D eigenvalue weighted by molar-refractivity contribution is 5.67. The zero-order chi connectivity index (χ0) is 23.0. The predicted octanol–water partition coefficient (Wildman–Crippen LogP) is 5.85. The summed E-state index contributed by atoms with van der Waals surface area (Å²) in [5.41, 5.74) is 5.67. The number of halogens is 1. The Morgan fingerprint density at radius 3 is 2.73 bits per heavy atom. The van der Waals surface area contributed by atoms with Crippen LogP contribution < -0.4 is 5.32 Å². The number of carbonyl (C=O) groups is 1. The molecule has 0 aliphatic heterocycles. The Bertz CT molecular complexity index is 1190. The van der Waals surface area contributed by atoms with Crippen molar-refractivity contribution >= 4 is 12.2 Å². The summed E-state index contributed by atoms with van der Waals surface area (Å²) in [4.78, 5) is 12.1. The lowest BCUT2D eigenvalue weighted by Crippen LogP contribution is -2.34. The molecule has 0 bridgehead atoms. The van der Waals surface area contributed by atoms with Crippen LogP contribution in [0.2, 0.25) is 0 Å². The molecule has 1 N–H and O–H groups in total. The zero-order valence-corrected chi connectivity index (χ0v) is 18.9. The van der Waals surface area contributed by atoms with Crippen LogP contribution in [0.25, 0.3) is 11.8 Å². The fraction of sp³-hybridized carbons (Fsp3) is 0.333. The van der Waals surface area contributed by atoms with Gasteiger partial charge in [0.1, 0.15) is 5.82 Å². The molecular formula is C27H28FN3O2. The van der Waals surface area contributed by atoms with Crippen LogP contribution in [0, 0.1) is 17.2 Å². The molecule has 2 aliphatic rings. The maximum Gasteiger partial charge on any atom is 0.407 e. The minimum atomic E-state index is -0.408. The van der Waals surface area contributed by atoms with E-state index < -0.39 is 6.09 Å². The number of aromatic nitrogens is 2. The normalized spacial score (nSPS) is 22.2. The number of amides is 1. The predicted molar refractivity (Wildman–Crippen MR) is 125 cm³/mol. The van der Waals surface area contributed by atoms with Crippen LogP contribution in [-0.4, -0.2) is 23.0 Å². The molecule has 3 aromatic rings. The molecule has 2 aromatic carbocycles. The van der Waals surface area contributed by atoms with E-state index in [1.165, 1.54) is 30.4 Å². The fourth-order valence-corrected chi connectivity index (χ4v) is 5.55. The molecule has 1 saturated carbocycles. The molecule has 6 heteroatoms. The van der Waals surface area contributed by atoms with Gasteiger partial charge >= 0.3 is 6.09 Å². The molecule has 0 unspecified atom stereocenters. The van der Waals surface area contributed by atoms with Crippen LogP contribution in [0.1, 0.15) is 49.0 Å². The van der Waals surface area contributed by atoms with Crippen LogP contribution in [0.15, 0.2) is 66.4 Å². The third-order valence-electron chi connectivity index (χ3n) is 7.42. The second-order valence-corrected chi connectivity index (χ2v) is 9.28. The average Bonchev–Trinajstić information content (AvgIpc) is 3.37. The first-order valence-corrected chi connectivity index (χ1v) is 11.4. The number of nitrogens with one attached hydrogen (secondary N) is 1. The van der Waals surface area contributed by atoms with Crippen LogP contribution >= 0.6 is 0 Å². The van der Waals surface area contributed by atoms with Gasteiger partial charge in [0.15, 0.2) is 0 Å². The summed E-state index contributed by atoms with van der Waals surface area (Å²) in [6, 6.07) is 16.4. The van der Waals surface area contributed by atoms with Crippen molar-refractivity contribution in [1.82, 2.24) is 15.1 Å². The van der Waals surface area contributed by atoms with Crippen molar-refractivity contribution in [2.24, 2.45) is 11.3 Å². The van der Waals surface area contributed by atoms with Crippen molar-refractivity contribution in [3.63, 3.8) is 0 Å². The topological polar surface area (TPSA) is 56.1 Å². The van der Waals surface area contributed by atoms with Gasteiger partial charge in [0.05, 0.1) is 30.7 Å². The molecular weight excluding hydrogens is 417 g/mol. The smallest absolute Gasteiger partial charge is 0.407 e. The number of carbonyl (C=O) groups excluding carboxylic acids is 1. The molecule has 1 amide bonds. The Labute approximate surface area is 193 Å². The van der Waals surface area contributed by atoms with Gasteiger partial charge < -0.3 is 10.1 Å². The highest BCUT2D eigenvalue weighted by Crippen LogP contribution is 2.55. The number of alkyl carbamates (subject to hydrolysis) is 1. The number of allylic oxidation sites excluding steroid dienone is 1. The van der Waals surface area contributed by atoms with Crippen LogP contribution in [0.4, 0.5) is 9.18 Å². The Morgan fingerprint density at radius 2 is 2.00 bits per heavy atom. The van der Waals surface area contributed by atoms with Crippen molar-refractivity contribution in [3.05, 3.63) is 89.0 Å². The summed E-state index contributed by atoms with van der Waals surface area (Å²) >= 11 is 0. The van der Waals surface area contributed by atoms with E-state index in [1.807, 2.05) is 29.1 Å². The second kappa shape index (κ2) is 8.50. The molecule has 0 radical (unpaired) electrons. The van der Waals surface area contributed by atoms with E-state index in [9.17, 15) is 9.18 Å². The third-order valence-corrected chi connectivity index (χ3v) is 7.42. The van der Waals surface area contributed by atoms with Gasteiger partial charge in [0.2, 0.25) is 0 Å². The van der Waals surface area contributed by atoms with E-state index in [1.54, 1.807) is 12.1 Å². The van der Waals surface area contributed by atoms with Crippen molar-refractivity contribution in [2.45, 2.75) is 38.6 Å². The first-order valence-electron chi connectivity index (χ1n) is 11.4. The molecule has 3 atom stereocenters. The fourth-order valence-electron chi connectivity index (χ4n) is 5.55. The largest absolute Gasteiger partial charge is 0.453 e. The Balaban J connectivity index is 1.42. The molecule has 5 nitrogen and oxygen atoms in total. The number of ether oxygens (including phenoxy) is 1. The monoisotopic (exact) mass is 445 g/mol. The minimum absolute atomic E-state index is 0.00842. The lowest BCUT2D eigenvalue weighted by molar-refractivity contribution is 0.160. The van der Waals surface area contributed by atoms with E-state index in [2.05, 4.69) is 35.5 Å². The van der Waals surface area contributed by atoms with Gasteiger partial charge in [0, 0.05) is 0 Å².